The average molecular weight is 253 g/mol. The van der Waals surface area contributed by atoms with Crippen molar-refractivity contribution in [3.63, 3.8) is 0 Å². The molecule has 0 spiro atoms. The van der Waals surface area contributed by atoms with Crippen LogP contribution in [0.15, 0.2) is 29.4 Å². The molecule has 3 N–H and O–H groups in total. The first kappa shape index (κ1) is 13.4. The van der Waals surface area contributed by atoms with Gasteiger partial charge in [-0.2, -0.15) is 0 Å². The molecule has 0 heterocycles. The Morgan fingerprint density at radius 2 is 2.24 bits per heavy atom. The van der Waals surface area contributed by atoms with Crippen LogP contribution in [0, 0.1) is 0 Å². The maximum absolute atomic E-state index is 11.8. The van der Waals surface area contributed by atoms with Crippen LogP contribution < -0.4 is 15.9 Å². The van der Waals surface area contributed by atoms with Crippen molar-refractivity contribution in [2.45, 2.75) is 6.92 Å². The quantitative estimate of drug-likeness (QED) is 0.483. The van der Waals surface area contributed by atoms with E-state index in [1.807, 2.05) is 6.92 Å². The molecule has 1 aromatic rings. The number of hydrogen-bond acceptors (Lipinski definition) is 4. The molecule has 1 amide bonds. The Bertz CT molecular complexity index is 421. The Labute approximate surface area is 104 Å². The van der Waals surface area contributed by atoms with Gasteiger partial charge >= 0.3 is 0 Å². The Hall–Kier alpha value is -1.69. The normalized spacial score (nSPS) is 11.1. The van der Waals surface area contributed by atoms with E-state index in [1.54, 1.807) is 30.5 Å². The lowest BCUT2D eigenvalue weighted by molar-refractivity contribution is 0.0951. The summed E-state index contributed by atoms with van der Waals surface area (Å²) in [5.74, 6) is 0.191. The highest BCUT2D eigenvalue weighted by atomic mass is 32.2. The average Bonchev–Trinajstić information content (AvgIpc) is 2.36. The molecule has 5 nitrogen and oxygen atoms in total. The molecule has 0 aliphatic rings. The molecule has 0 aliphatic heterocycles. The van der Waals surface area contributed by atoms with Crippen LogP contribution in [0.3, 0.4) is 0 Å². The third-order valence-electron chi connectivity index (χ3n) is 1.91. The van der Waals surface area contributed by atoms with Crippen molar-refractivity contribution in [2.24, 2.45) is 10.8 Å². The molecule has 0 bridgehead atoms. The topological polar surface area (TPSA) is 76.7 Å². The van der Waals surface area contributed by atoms with Gasteiger partial charge in [-0.3, -0.25) is 4.79 Å². The highest BCUT2D eigenvalue weighted by Gasteiger charge is 2.10. The van der Waals surface area contributed by atoms with Gasteiger partial charge < -0.3 is 10.5 Å². The number of carbonyl (C=O) groups is 1. The Morgan fingerprint density at radius 1 is 1.53 bits per heavy atom. The molecule has 6 heteroatoms. The number of hydrogen-bond donors (Lipinski definition) is 2. The van der Waals surface area contributed by atoms with Gasteiger partial charge in [-0.1, -0.05) is 23.9 Å². The van der Waals surface area contributed by atoms with Gasteiger partial charge in [0.2, 0.25) is 0 Å². The fourth-order valence-electron chi connectivity index (χ4n) is 1.15. The second kappa shape index (κ2) is 6.80. The van der Waals surface area contributed by atoms with Crippen molar-refractivity contribution >= 4 is 22.8 Å². The number of hydrazone groups is 1. The predicted octanol–water partition coefficient (Wildman–Crippen LogP) is 1.41. The number of ether oxygens (including phenoxy) is 1. The number of nitrogens with zero attached hydrogens (tertiary/aromatic N) is 1. The first-order valence-electron chi connectivity index (χ1n) is 5.08. The molecule has 0 saturated carbocycles. The van der Waals surface area contributed by atoms with Crippen molar-refractivity contribution in [1.82, 2.24) is 5.43 Å². The van der Waals surface area contributed by atoms with Gasteiger partial charge in [0.1, 0.15) is 5.75 Å². The molecule has 0 saturated heterocycles. The van der Waals surface area contributed by atoms with Crippen molar-refractivity contribution in [3.05, 3.63) is 29.8 Å². The molecular weight excluding hydrogens is 238 g/mol. The summed E-state index contributed by atoms with van der Waals surface area (Å²) in [6.45, 7) is 2.36. The minimum absolute atomic E-state index is 0.298. The monoisotopic (exact) mass is 253 g/mol. The Morgan fingerprint density at radius 3 is 2.88 bits per heavy atom. The van der Waals surface area contributed by atoms with E-state index in [0.717, 1.165) is 0 Å². The molecule has 17 heavy (non-hydrogen) atoms. The lowest BCUT2D eigenvalue weighted by Crippen LogP contribution is -2.22. The van der Waals surface area contributed by atoms with Crippen LogP contribution in [0.1, 0.15) is 17.3 Å². The number of nitrogens with two attached hydrogens (primary N) is 1. The Balaban J connectivity index is 2.81. The molecule has 1 rings (SSSR count). The van der Waals surface area contributed by atoms with E-state index >= 15 is 0 Å². The van der Waals surface area contributed by atoms with Gasteiger partial charge in [0.15, 0.2) is 5.17 Å². The van der Waals surface area contributed by atoms with E-state index in [1.165, 1.54) is 11.8 Å². The van der Waals surface area contributed by atoms with E-state index in [2.05, 4.69) is 10.5 Å². The van der Waals surface area contributed by atoms with Crippen LogP contribution >= 0.6 is 11.8 Å². The third-order valence-corrected chi connectivity index (χ3v) is 2.42. The number of rotatable bonds is 4. The summed E-state index contributed by atoms with van der Waals surface area (Å²) in [5.41, 5.74) is 8.27. The lowest BCUT2D eigenvalue weighted by Gasteiger charge is -2.08. The second-order valence-corrected chi connectivity index (χ2v) is 3.85. The summed E-state index contributed by atoms with van der Waals surface area (Å²) in [7, 11) is 0. The lowest BCUT2D eigenvalue weighted by atomic mass is 10.2. The van der Waals surface area contributed by atoms with Crippen molar-refractivity contribution in [2.75, 3.05) is 12.9 Å². The summed E-state index contributed by atoms with van der Waals surface area (Å²) >= 11 is 1.26. The van der Waals surface area contributed by atoms with Gasteiger partial charge in [0.25, 0.3) is 5.91 Å². The molecule has 0 aromatic heterocycles. The van der Waals surface area contributed by atoms with E-state index < -0.39 is 0 Å². The maximum atomic E-state index is 11.8. The summed E-state index contributed by atoms with van der Waals surface area (Å²) in [5, 5.41) is 4.02. The van der Waals surface area contributed by atoms with Crippen molar-refractivity contribution in [1.29, 1.82) is 0 Å². The zero-order chi connectivity index (χ0) is 12.7. The molecule has 0 radical (unpaired) electrons. The predicted molar refractivity (Wildman–Crippen MR) is 70.2 cm³/mol. The highest BCUT2D eigenvalue weighted by Crippen LogP contribution is 2.17. The summed E-state index contributed by atoms with van der Waals surface area (Å²) in [6, 6.07) is 6.98. The number of para-hydroxylation sites is 1. The smallest absolute Gasteiger partial charge is 0.275 e. The van der Waals surface area contributed by atoms with E-state index in [4.69, 9.17) is 10.5 Å². The zero-order valence-electron chi connectivity index (χ0n) is 9.77. The fraction of sp³-hybridized carbons (Fsp3) is 0.273. The Kier molecular flexibility index (Phi) is 5.35. The maximum Gasteiger partial charge on any atom is 0.275 e. The van der Waals surface area contributed by atoms with E-state index in [0.29, 0.717) is 23.1 Å². The molecular formula is C11H15N3O2S. The first-order valence-corrected chi connectivity index (χ1v) is 6.30. The zero-order valence-corrected chi connectivity index (χ0v) is 10.6. The molecule has 0 atom stereocenters. The van der Waals surface area contributed by atoms with Crippen LogP contribution in [0.5, 0.6) is 5.75 Å². The van der Waals surface area contributed by atoms with Crippen molar-refractivity contribution < 1.29 is 9.53 Å². The minimum atomic E-state index is -0.342. The third kappa shape index (κ3) is 3.99. The van der Waals surface area contributed by atoms with Crippen LogP contribution in [0.25, 0.3) is 0 Å². The molecule has 0 unspecified atom stereocenters. The van der Waals surface area contributed by atoms with Gasteiger partial charge in [-0.25, -0.2) is 5.43 Å². The first-order chi connectivity index (χ1) is 8.19. The summed E-state index contributed by atoms with van der Waals surface area (Å²) in [6.07, 6.45) is 1.78. The largest absolute Gasteiger partial charge is 0.493 e. The fourth-order valence-corrected chi connectivity index (χ4v) is 1.28. The van der Waals surface area contributed by atoms with Crippen LogP contribution in [-0.4, -0.2) is 23.9 Å². The molecule has 0 fully saturated rings. The van der Waals surface area contributed by atoms with Crippen LogP contribution in [-0.2, 0) is 0 Å². The van der Waals surface area contributed by atoms with Gasteiger partial charge in [0, 0.05) is 0 Å². The summed E-state index contributed by atoms with van der Waals surface area (Å²) < 4.78 is 5.35. The van der Waals surface area contributed by atoms with Crippen LogP contribution in [0.4, 0.5) is 0 Å². The highest BCUT2D eigenvalue weighted by molar-refractivity contribution is 8.13. The number of carbonyl (C=O) groups excluding carboxylic acids is 1. The second-order valence-electron chi connectivity index (χ2n) is 3.02. The number of amides is 1. The standard InChI is InChI=1S/C11H15N3O2S/c1-3-16-9-7-5-4-6-8(9)10(15)13-14-11(12)17-2/h4-7H,3H2,1-2H3,(H2,12,14)(H,13,15). The minimum Gasteiger partial charge on any atom is -0.493 e. The van der Waals surface area contributed by atoms with Gasteiger partial charge in [-0.15, -0.1) is 5.10 Å². The number of nitrogens with one attached hydrogen (secondary N) is 1. The van der Waals surface area contributed by atoms with Gasteiger partial charge in [0.05, 0.1) is 12.2 Å². The number of thioether (sulfide) groups is 1. The van der Waals surface area contributed by atoms with Crippen LogP contribution in [0.2, 0.25) is 0 Å². The number of amidine groups is 1. The molecule has 92 valence electrons. The summed E-state index contributed by atoms with van der Waals surface area (Å²) in [4.78, 5) is 11.8. The van der Waals surface area contributed by atoms with E-state index in [-0.39, 0.29) is 5.91 Å². The molecule has 0 aliphatic carbocycles. The van der Waals surface area contributed by atoms with E-state index in [9.17, 15) is 4.79 Å². The SMILES string of the molecule is CCOc1ccccc1C(=O)N/N=C(\N)SC. The molecule has 1 aromatic carbocycles. The number of benzene rings is 1. The van der Waals surface area contributed by atoms with Gasteiger partial charge in [-0.05, 0) is 25.3 Å². The van der Waals surface area contributed by atoms with Crippen molar-refractivity contribution in [3.8, 4) is 5.75 Å².